The van der Waals surface area contributed by atoms with Crippen LogP contribution in [0.25, 0.3) is 0 Å². The number of halogens is 1. The van der Waals surface area contributed by atoms with Gasteiger partial charge in [0.05, 0.1) is 5.56 Å². The summed E-state index contributed by atoms with van der Waals surface area (Å²) in [5.74, 6) is -0.896. The van der Waals surface area contributed by atoms with Crippen LogP contribution in [0.1, 0.15) is 10.4 Å². The molecule has 0 bridgehead atoms. The van der Waals surface area contributed by atoms with Crippen LogP contribution in [0.5, 0.6) is 11.5 Å². The lowest BCUT2D eigenvalue weighted by atomic mass is 10.1. The first kappa shape index (κ1) is 14.8. The minimum atomic E-state index is -0.606. The average molecular weight is 290 g/mol. The zero-order valence-corrected chi connectivity index (χ0v) is 11.2. The molecule has 21 heavy (non-hydrogen) atoms. The van der Waals surface area contributed by atoms with Gasteiger partial charge in [-0.1, -0.05) is 0 Å². The third-order valence-electron chi connectivity index (χ3n) is 2.70. The van der Waals surface area contributed by atoms with Gasteiger partial charge >= 0.3 is 0 Å². The van der Waals surface area contributed by atoms with E-state index in [0.29, 0.717) is 24.6 Å². The van der Waals surface area contributed by atoms with Crippen LogP contribution in [0.4, 0.5) is 10.1 Å². The van der Waals surface area contributed by atoms with Crippen molar-refractivity contribution in [3.8, 4) is 11.5 Å². The van der Waals surface area contributed by atoms with Crippen LogP contribution in [-0.4, -0.2) is 24.2 Å². The van der Waals surface area contributed by atoms with Gasteiger partial charge in [0.1, 0.15) is 23.9 Å². The van der Waals surface area contributed by atoms with Crippen molar-refractivity contribution in [2.45, 2.75) is 0 Å². The van der Waals surface area contributed by atoms with E-state index < -0.39 is 17.5 Å². The molecule has 0 aliphatic carbocycles. The lowest BCUT2D eigenvalue weighted by molar-refractivity contribution is 0.102. The first-order chi connectivity index (χ1) is 10.1. The quantitative estimate of drug-likeness (QED) is 0.787. The van der Waals surface area contributed by atoms with Crippen LogP contribution >= 0.6 is 0 Å². The summed E-state index contributed by atoms with van der Waals surface area (Å²) in [4.78, 5) is 12.0. The second kappa shape index (κ2) is 6.71. The normalized spacial score (nSPS) is 10.2. The molecule has 0 radical (unpaired) electrons. The number of carbonyl (C=O) groups is 1. The topological polar surface area (TPSA) is 84.6 Å². The first-order valence-corrected chi connectivity index (χ1v) is 6.33. The predicted molar refractivity (Wildman–Crippen MR) is 77.0 cm³/mol. The van der Waals surface area contributed by atoms with Crippen molar-refractivity contribution in [3.05, 3.63) is 53.8 Å². The number of nitrogens with one attached hydrogen (secondary N) is 1. The Balaban J connectivity index is 2.05. The number of ether oxygens (including phenoxy) is 1. The van der Waals surface area contributed by atoms with Gasteiger partial charge in [0.2, 0.25) is 0 Å². The van der Waals surface area contributed by atoms with Crippen LogP contribution in [0.3, 0.4) is 0 Å². The van der Waals surface area contributed by atoms with Crippen molar-refractivity contribution < 1.29 is 19.0 Å². The van der Waals surface area contributed by atoms with E-state index in [9.17, 15) is 14.3 Å². The largest absolute Gasteiger partial charge is 0.507 e. The molecule has 0 saturated carbocycles. The highest BCUT2D eigenvalue weighted by molar-refractivity contribution is 6.06. The van der Waals surface area contributed by atoms with E-state index in [2.05, 4.69) is 5.32 Å². The molecule has 1 amide bonds. The molecule has 4 N–H and O–H groups in total. The number of benzene rings is 2. The number of carbonyl (C=O) groups excluding carboxylic acids is 1. The van der Waals surface area contributed by atoms with Gasteiger partial charge < -0.3 is 20.9 Å². The summed E-state index contributed by atoms with van der Waals surface area (Å²) < 4.78 is 18.2. The van der Waals surface area contributed by atoms with E-state index in [1.165, 1.54) is 6.07 Å². The molecule has 2 aromatic rings. The molecule has 0 atom stereocenters. The smallest absolute Gasteiger partial charge is 0.259 e. The standard InChI is InChI=1S/C15H15FN2O3/c16-10-1-6-13(14(19)9-10)15(20)18-11-2-4-12(5-3-11)21-8-7-17/h1-6,9,19H,7-8,17H2,(H,18,20). The number of aromatic hydroxyl groups is 1. The summed E-state index contributed by atoms with van der Waals surface area (Å²) in [7, 11) is 0. The molecule has 5 nitrogen and oxygen atoms in total. The van der Waals surface area contributed by atoms with Gasteiger partial charge in [-0.25, -0.2) is 4.39 Å². The summed E-state index contributed by atoms with van der Waals surface area (Å²) in [6.07, 6.45) is 0. The molecule has 0 aromatic heterocycles. The van der Waals surface area contributed by atoms with Crippen LogP contribution in [0.2, 0.25) is 0 Å². The minimum Gasteiger partial charge on any atom is -0.507 e. The molecule has 0 fully saturated rings. The predicted octanol–water partition coefficient (Wildman–Crippen LogP) is 2.12. The summed E-state index contributed by atoms with van der Waals surface area (Å²) in [6.45, 7) is 0.831. The maximum atomic E-state index is 12.9. The number of hydrogen-bond acceptors (Lipinski definition) is 4. The molecular weight excluding hydrogens is 275 g/mol. The molecule has 0 spiro atoms. The van der Waals surface area contributed by atoms with E-state index >= 15 is 0 Å². The van der Waals surface area contributed by atoms with E-state index in [0.717, 1.165) is 12.1 Å². The van der Waals surface area contributed by atoms with Crippen molar-refractivity contribution in [1.29, 1.82) is 0 Å². The fourth-order valence-corrected chi connectivity index (χ4v) is 1.71. The second-order valence-electron chi connectivity index (χ2n) is 4.28. The van der Waals surface area contributed by atoms with Crippen LogP contribution in [0, 0.1) is 5.82 Å². The molecule has 0 saturated heterocycles. The Labute approximate surface area is 121 Å². The van der Waals surface area contributed by atoms with Crippen LogP contribution in [0.15, 0.2) is 42.5 Å². The van der Waals surface area contributed by atoms with Gasteiger partial charge in [0, 0.05) is 18.3 Å². The lowest BCUT2D eigenvalue weighted by Crippen LogP contribution is -2.12. The van der Waals surface area contributed by atoms with Gasteiger partial charge in [-0.2, -0.15) is 0 Å². The summed E-state index contributed by atoms with van der Waals surface area (Å²) in [5.41, 5.74) is 5.86. The van der Waals surface area contributed by atoms with Gasteiger partial charge in [0.15, 0.2) is 0 Å². The highest BCUT2D eigenvalue weighted by Gasteiger charge is 2.12. The maximum Gasteiger partial charge on any atom is 0.259 e. The number of phenolic OH excluding ortho intramolecular Hbond substituents is 1. The third kappa shape index (κ3) is 3.93. The molecule has 0 unspecified atom stereocenters. The average Bonchev–Trinajstić information content (AvgIpc) is 2.46. The van der Waals surface area contributed by atoms with Crippen molar-refractivity contribution in [3.63, 3.8) is 0 Å². The van der Waals surface area contributed by atoms with Gasteiger partial charge in [0.25, 0.3) is 5.91 Å². The molecule has 110 valence electrons. The fraction of sp³-hybridized carbons (Fsp3) is 0.133. The Bertz CT molecular complexity index is 629. The van der Waals surface area contributed by atoms with E-state index in [1.807, 2.05) is 0 Å². The number of anilines is 1. The van der Waals surface area contributed by atoms with Gasteiger partial charge in [-0.05, 0) is 36.4 Å². The highest BCUT2D eigenvalue weighted by Crippen LogP contribution is 2.21. The SMILES string of the molecule is NCCOc1ccc(NC(=O)c2ccc(F)cc2O)cc1. The van der Waals surface area contributed by atoms with Crippen LogP contribution < -0.4 is 15.8 Å². The fourth-order valence-electron chi connectivity index (χ4n) is 1.71. The first-order valence-electron chi connectivity index (χ1n) is 6.33. The summed E-state index contributed by atoms with van der Waals surface area (Å²) in [5, 5.41) is 12.1. The molecule has 6 heteroatoms. The monoisotopic (exact) mass is 290 g/mol. The molecular formula is C15H15FN2O3. The second-order valence-corrected chi connectivity index (χ2v) is 4.28. The molecule has 2 aromatic carbocycles. The number of phenols is 1. The third-order valence-corrected chi connectivity index (χ3v) is 2.70. The van der Waals surface area contributed by atoms with E-state index in [1.54, 1.807) is 24.3 Å². The lowest BCUT2D eigenvalue weighted by Gasteiger charge is -2.08. The number of hydrogen-bond donors (Lipinski definition) is 3. The van der Waals surface area contributed by atoms with E-state index in [-0.39, 0.29) is 5.56 Å². The maximum absolute atomic E-state index is 12.9. The highest BCUT2D eigenvalue weighted by atomic mass is 19.1. The van der Waals surface area contributed by atoms with Gasteiger partial charge in [-0.15, -0.1) is 0 Å². The molecule has 0 aliphatic rings. The Morgan fingerprint density at radius 1 is 1.24 bits per heavy atom. The molecule has 2 rings (SSSR count). The van der Waals surface area contributed by atoms with E-state index in [4.69, 9.17) is 10.5 Å². The van der Waals surface area contributed by atoms with Crippen molar-refractivity contribution in [2.24, 2.45) is 5.73 Å². The summed E-state index contributed by atoms with van der Waals surface area (Å²) >= 11 is 0. The Hall–Kier alpha value is -2.60. The number of rotatable bonds is 5. The molecule has 0 heterocycles. The zero-order valence-electron chi connectivity index (χ0n) is 11.2. The van der Waals surface area contributed by atoms with Crippen molar-refractivity contribution in [2.75, 3.05) is 18.5 Å². The van der Waals surface area contributed by atoms with Crippen molar-refractivity contribution >= 4 is 11.6 Å². The Morgan fingerprint density at radius 2 is 1.95 bits per heavy atom. The minimum absolute atomic E-state index is 0.000131. The summed E-state index contributed by atoms with van der Waals surface area (Å²) in [6, 6.07) is 9.91. The van der Waals surface area contributed by atoms with Crippen LogP contribution in [-0.2, 0) is 0 Å². The molecule has 0 aliphatic heterocycles. The number of amides is 1. The Morgan fingerprint density at radius 3 is 2.57 bits per heavy atom. The zero-order chi connectivity index (χ0) is 15.2. The number of nitrogens with two attached hydrogens (primary N) is 1. The van der Waals surface area contributed by atoms with Crippen molar-refractivity contribution in [1.82, 2.24) is 0 Å². The van der Waals surface area contributed by atoms with Gasteiger partial charge in [-0.3, -0.25) is 4.79 Å². The Kier molecular flexibility index (Phi) is 4.73.